The topological polar surface area (TPSA) is 59.3 Å². The molecule has 0 spiro atoms. The van der Waals surface area contributed by atoms with Crippen LogP contribution in [0.4, 0.5) is 0 Å². The Labute approximate surface area is 97.0 Å². The summed E-state index contributed by atoms with van der Waals surface area (Å²) >= 11 is 0. The Morgan fingerprint density at radius 1 is 1.50 bits per heavy atom. The SMILES string of the molecule is CNC(CCCS(C)(=O)=O)c1coc(C)c1. The summed E-state index contributed by atoms with van der Waals surface area (Å²) in [6, 6.07) is 2.14. The van der Waals surface area contributed by atoms with Gasteiger partial charge in [-0.1, -0.05) is 0 Å². The molecule has 1 unspecified atom stereocenters. The zero-order chi connectivity index (χ0) is 12.2. The quantitative estimate of drug-likeness (QED) is 0.828. The Hall–Kier alpha value is -0.810. The van der Waals surface area contributed by atoms with Crippen LogP contribution in [-0.2, 0) is 9.84 Å². The summed E-state index contributed by atoms with van der Waals surface area (Å²) in [6.45, 7) is 1.90. The third kappa shape index (κ3) is 4.37. The fraction of sp³-hybridized carbons (Fsp3) is 0.636. The molecule has 0 aliphatic rings. The monoisotopic (exact) mass is 245 g/mol. The molecule has 0 aromatic carbocycles. The molecule has 1 N–H and O–H groups in total. The van der Waals surface area contributed by atoms with Gasteiger partial charge in [0.15, 0.2) is 0 Å². The predicted molar refractivity (Wildman–Crippen MR) is 64.2 cm³/mol. The summed E-state index contributed by atoms with van der Waals surface area (Å²) < 4.78 is 27.2. The molecule has 0 saturated carbocycles. The van der Waals surface area contributed by atoms with Crippen molar-refractivity contribution in [3.8, 4) is 0 Å². The molecule has 0 radical (unpaired) electrons. The molecule has 0 fully saturated rings. The Kier molecular flexibility index (Phi) is 4.56. The van der Waals surface area contributed by atoms with E-state index >= 15 is 0 Å². The molecule has 1 atom stereocenters. The lowest BCUT2D eigenvalue weighted by atomic mass is 10.1. The molecule has 1 rings (SSSR count). The summed E-state index contributed by atoms with van der Waals surface area (Å²) in [5.74, 6) is 1.11. The first kappa shape index (κ1) is 13.3. The molecule has 1 heterocycles. The fourth-order valence-corrected chi connectivity index (χ4v) is 2.36. The zero-order valence-electron chi connectivity index (χ0n) is 9.99. The van der Waals surface area contributed by atoms with E-state index in [0.29, 0.717) is 6.42 Å². The minimum atomic E-state index is -2.86. The second-order valence-corrected chi connectivity index (χ2v) is 6.36. The van der Waals surface area contributed by atoms with Crippen molar-refractivity contribution in [3.63, 3.8) is 0 Å². The molecule has 0 saturated heterocycles. The van der Waals surface area contributed by atoms with Gasteiger partial charge in [0, 0.05) is 23.6 Å². The van der Waals surface area contributed by atoms with Gasteiger partial charge in [-0.3, -0.25) is 0 Å². The third-order valence-corrected chi connectivity index (χ3v) is 3.54. The van der Waals surface area contributed by atoms with E-state index in [1.807, 2.05) is 20.0 Å². The summed E-state index contributed by atoms with van der Waals surface area (Å²) in [5, 5.41) is 3.16. The molecule has 92 valence electrons. The number of furan rings is 1. The van der Waals surface area contributed by atoms with E-state index < -0.39 is 9.84 Å². The highest BCUT2D eigenvalue weighted by Gasteiger charge is 2.12. The van der Waals surface area contributed by atoms with Crippen LogP contribution < -0.4 is 5.32 Å². The van der Waals surface area contributed by atoms with Crippen LogP contribution in [0.5, 0.6) is 0 Å². The average Bonchev–Trinajstić information content (AvgIpc) is 2.58. The summed E-state index contributed by atoms with van der Waals surface area (Å²) in [5.41, 5.74) is 1.08. The number of nitrogens with one attached hydrogen (secondary N) is 1. The Morgan fingerprint density at radius 2 is 2.19 bits per heavy atom. The van der Waals surface area contributed by atoms with E-state index in [9.17, 15) is 8.42 Å². The molecule has 16 heavy (non-hydrogen) atoms. The van der Waals surface area contributed by atoms with Crippen LogP contribution in [0.1, 0.15) is 30.2 Å². The van der Waals surface area contributed by atoms with Gasteiger partial charge in [-0.25, -0.2) is 8.42 Å². The van der Waals surface area contributed by atoms with E-state index in [-0.39, 0.29) is 11.8 Å². The molecule has 0 aliphatic carbocycles. The van der Waals surface area contributed by atoms with Gasteiger partial charge in [-0.05, 0) is 32.9 Å². The van der Waals surface area contributed by atoms with Gasteiger partial charge in [0.2, 0.25) is 0 Å². The van der Waals surface area contributed by atoms with E-state index in [1.165, 1.54) is 6.26 Å². The van der Waals surface area contributed by atoms with Gasteiger partial charge in [-0.15, -0.1) is 0 Å². The lowest BCUT2D eigenvalue weighted by Gasteiger charge is -2.13. The van der Waals surface area contributed by atoms with Crippen molar-refractivity contribution in [1.82, 2.24) is 5.32 Å². The van der Waals surface area contributed by atoms with E-state index in [0.717, 1.165) is 17.7 Å². The zero-order valence-corrected chi connectivity index (χ0v) is 10.8. The first-order valence-electron chi connectivity index (χ1n) is 5.32. The van der Waals surface area contributed by atoms with Crippen molar-refractivity contribution in [3.05, 3.63) is 23.7 Å². The summed E-state index contributed by atoms with van der Waals surface area (Å²) in [7, 11) is -0.988. The molecule has 4 nitrogen and oxygen atoms in total. The largest absolute Gasteiger partial charge is 0.469 e. The number of rotatable bonds is 6. The highest BCUT2D eigenvalue weighted by Crippen LogP contribution is 2.20. The first-order valence-corrected chi connectivity index (χ1v) is 7.38. The molecule has 5 heteroatoms. The lowest BCUT2D eigenvalue weighted by Crippen LogP contribution is -2.17. The number of aryl methyl sites for hydroxylation is 1. The second-order valence-electron chi connectivity index (χ2n) is 4.10. The van der Waals surface area contributed by atoms with Gasteiger partial charge in [-0.2, -0.15) is 0 Å². The average molecular weight is 245 g/mol. The maximum Gasteiger partial charge on any atom is 0.147 e. The Balaban J connectivity index is 2.50. The number of sulfone groups is 1. The van der Waals surface area contributed by atoms with E-state index in [2.05, 4.69) is 5.32 Å². The van der Waals surface area contributed by atoms with E-state index in [4.69, 9.17) is 4.42 Å². The first-order chi connectivity index (χ1) is 7.42. The highest BCUT2D eigenvalue weighted by atomic mass is 32.2. The highest BCUT2D eigenvalue weighted by molar-refractivity contribution is 7.90. The van der Waals surface area contributed by atoms with Crippen LogP contribution in [0.2, 0.25) is 0 Å². The van der Waals surface area contributed by atoms with Crippen molar-refractivity contribution in [2.45, 2.75) is 25.8 Å². The minimum absolute atomic E-state index is 0.166. The van der Waals surface area contributed by atoms with Crippen LogP contribution in [-0.4, -0.2) is 27.5 Å². The van der Waals surface area contributed by atoms with Crippen molar-refractivity contribution < 1.29 is 12.8 Å². The van der Waals surface area contributed by atoms with Crippen LogP contribution in [0, 0.1) is 6.92 Å². The van der Waals surface area contributed by atoms with Gasteiger partial charge in [0.25, 0.3) is 0 Å². The molecule has 0 amide bonds. The molecule has 0 aliphatic heterocycles. The minimum Gasteiger partial charge on any atom is -0.469 e. The Morgan fingerprint density at radius 3 is 2.62 bits per heavy atom. The van der Waals surface area contributed by atoms with E-state index in [1.54, 1.807) is 6.26 Å². The van der Waals surface area contributed by atoms with Gasteiger partial charge in [0.1, 0.15) is 15.6 Å². The predicted octanol–water partition coefficient (Wildman–Crippen LogP) is 1.67. The molecule has 1 aromatic rings. The van der Waals surface area contributed by atoms with Crippen LogP contribution >= 0.6 is 0 Å². The summed E-state index contributed by atoms with van der Waals surface area (Å²) in [4.78, 5) is 0. The second kappa shape index (κ2) is 5.50. The molecular weight excluding hydrogens is 226 g/mol. The number of hydrogen-bond donors (Lipinski definition) is 1. The van der Waals surface area contributed by atoms with Gasteiger partial charge in [0.05, 0.1) is 6.26 Å². The van der Waals surface area contributed by atoms with Crippen LogP contribution in [0.3, 0.4) is 0 Å². The van der Waals surface area contributed by atoms with Gasteiger partial charge >= 0.3 is 0 Å². The van der Waals surface area contributed by atoms with Crippen molar-refractivity contribution in [1.29, 1.82) is 0 Å². The standard InChI is InChI=1S/C11H19NO3S/c1-9-7-10(8-15-9)11(12-2)5-4-6-16(3,13)14/h7-8,11-12H,4-6H2,1-3H3. The Bertz CT molecular complexity index is 422. The normalized spacial score (nSPS) is 13.9. The van der Waals surface area contributed by atoms with Crippen LogP contribution in [0.25, 0.3) is 0 Å². The third-order valence-electron chi connectivity index (χ3n) is 2.51. The maximum atomic E-state index is 11.0. The lowest BCUT2D eigenvalue weighted by molar-refractivity contribution is 0.507. The summed E-state index contributed by atoms with van der Waals surface area (Å²) in [6.07, 6.45) is 4.44. The smallest absolute Gasteiger partial charge is 0.147 e. The van der Waals surface area contributed by atoms with Crippen molar-refractivity contribution >= 4 is 9.84 Å². The van der Waals surface area contributed by atoms with Crippen molar-refractivity contribution in [2.24, 2.45) is 0 Å². The fourth-order valence-electron chi connectivity index (χ4n) is 1.67. The molecule has 1 aromatic heterocycles. The molecular formula is C11H19NO3S. The maximum absolute atomic E-state index is 11.0. The molecule has 0 bridgehead atoms. The van der Waals surface area contributed by atoms with Gasteiger partial charge < -0.3 is 9.73 Å². The van der Waals surface area contributed by atoms with Crippen LogP contribution in [0.15, 0.2) is 16.7 Å². The van der Waals surface area contributed by atoms with Crippen molar-refractivity contribution in [2.75, 3.05) is 19.1 Å². The number of hydrogen-bond acceptors (Lipinski definition) is 4.